The van der Waals surface area contributed by atoms with Crippen molar-refractivity contribution in [3.8, 4) is 11.5 Å². The third kappa shape index (κ3) is 1.44. The molecule has 3 heteroatoms. The fourth-order valence-electron chi connectivity index (χ4n) is 0.846. The first-order valence-corrected chi connectivity index (χ1v) is 3.07. The molecule has 0 radical (unpaired) electrons. The van der Waals surface area contributed by atoms with Crippen LogP contribution in [-0.4, -0.2) is 20.1 Å². The van der Waals surface area contributed by atoms with E-state index in [0.29, 0.717) is 5.75 Å². The minimum absolute atomic E-state index is 0.247. The van der Waals surface area contributed by atoms with Gasteiger partial charge in [0, 0.05) is 6.07 Å². The van der Waals surface area contributed by atoms with Crippen molar-refractivity contribution in [2.45, 2.75) is 0 Å². The van der Waals surface area contributed by atoms with E-state index in [0.717, 1.165) is 5.46 Å². The fourth-order valence-corrected chi connectivity index (χ4v) is 0.846. The van der Waals surface area contributed by atoms with Crippen LogP contribution in [-0.2, 0) is 0 Å². The van der Waals surface area contributed by atoms with Crippen molar-refractivity contribution in [1.29, 1.82) is 0 Å². The third-order valence-electron chi connectivity index (χ3n) is 1.27. The van der Waals surface area contributed by atoms with Crippen LogP contribution in [0.5, 0.6) is 11.5 Å². The molecule has 1 rings (SSSR count). The van der Waals surface area contributed by atoms with E-state index in [4.69, 9.17) is 9.84 Å². The number of phenolic OH excluding ortho intramolecular Hbond substituents is 1. The van der Waals surface area contributed by atoms with Crippen molar-refractivity contribution in [2.75, 3.05) is 7.11 Å². The lowest BCUT2D eigenvalue weighted by Crippen LogP contribution is -2.00. The number of phenols is 1. The van der Waals surface area contributed by atoms with Crippen molar-refractivity contribution >= 4 is 13.3 Å². The summed E-state index contributed by atoms with van der Waals surface area (Å²) in [5, 5.41) is 9.04. The fraction of sp³-hybridized carbons (Fsp3) is 0.143. The Kier molecular flexibility index (Phi) is 1.85. The van der Waals surface area contributed by atoms with Gasteiger partial charge in [0.05, 0.1) is 7.11 Å². The quantitative estimate of drug-likeness (QED) is 0.535. The summed E-state index contributed by atoms with van der Waals surface area (Å²) in [6.07, 6.45) is 0. The van der Waals surface area contributed by atoms with Crippen LogP contribution in [0.4, 0.5) is 0 Å². The van der Waals surface area contributed by atoms with Crippen LogP contribution in [0.3, 0.4) is 0 Å². The summed E-state index contributed by atoms with van der Waals surface area (Å²) in [5.74, 6) is 0.939. The number of hydrogen-bond acceptors (Lipinski definition) is 2. The molecule has 52 valence electrons. The molecule has 0 atom stereocenters. The van der Waals surface area contributed by atoms with Crippen LogP contribution in [0.2, 0.25) is 0 Å². The maximum absolute atomic E-state index is 9.04. The lowest BCUT2D eigenvalue weighted by molar-refractivity contribution is 0.408. The van der Waals surface area contributed by atoms with Crippen molar-refractivity contribution in [3.63, 3.8) is 0 Å². The van der Waals surface area contributed by atoms with E-state index in [2.05, 4.69) is 0 Å². The summed E-state index contributed by atoms with van der Waals surface area (Å²) in [7, 11) is 3.48. The zero-order chi connectivity index (χ0) is 7.56. The Bertz CT molecular complexity index is 215. The lowest BCUT2D eigenvalue weighted by atomic mass is 9.96. The molecule has 0 heterocycles. The van der Waals surface area contributed by atoms with Crippen LogP contribution in [0.1, 0.15) is 0 Å². The Balaban J connectivity index is 3.06. The first-order valence-electron chi connectivity index (χ1n) is 3.07. The highest BCUT2D eigenvalue weighted by Gasteiger charge is 1.94. The molecule has 0 aromatic heterocycles. The summed E-state index contributed by atoms with van der Waals surface area (Å²) in [5.41, 5.74) is 0.997. The first kappa shape index (κ1) is 7.00. The van der Waals surface area contributed by atoms with Gasteiger partial charge in [0.2, 0.25) is 0 Å². The van der Waals surface area contributed by atoms with Gasteiger partial charge in [-0.05, 0) is 12.1 Å². The van der Waals surface area contributed by atoms with E-state index in [1.165, 1.54) is 0 Å². The molecule has 0 saturated carbocycles. The number of hydrogen-bond donors (Lipinski definition) is 1. The molecule has 0 amide bonds. The predicted octanol–water partition coefficient (Wildman–Crippen LogP) is -0.341. The Morgan fingerprint density at radius 1 is 1.40 bits per heavy atom. The second-order valence-corrected chi connectivity index (χ2v) is 2.21. The van der Waals surface area contributed by atoms with Crippen LogP contribution < -0.4 is 10.2 Å². The summed E-state index contributed by atoms with van der Waals surface area (Å²) in [6, 6.07) is 5.12. The van der Waals surface area contributed by atoms with Gasteiger partial charge in [-0.15, -0.1) is 0 Å². The molecule has 0 unspecified atom stereocenters. The largest absolute Gasteiger partial charge is 0.508 e. The average Bonchev–Trinajstić information content (AvgIpc) is 1.85. The SMILES string of the molecule is Bc1cc(O)cc(OC)c1. The molecule has 0 saturated heterocycles. The molecular formula is C7H9BO2. The topological polar surface area (TPSA) is 29.5 Å². The molecule has 0 aliphatic heterocycles. The standard InChI is InChI=1S/C7H9BO2/c1-10-7-3-5(8)2-6(9)4-7/h2-4,9H,8H2,1H3. The molecule has 10 heavy (non-hydrogen) atoms. The van der Waals surface area contributed by atoms with E-state index < -0.39 is 0 Å². The summed E-state index contributed by atoms with van der Waals surface area (Å²) in [4.78, 5) is 0. The van der Waals surface area contributed by atoms with E-state index in [1.807, 2.05) is 13.9 Å². The van der Waals surface area contributed by atoms with Crippen LogP contribution >= 0.6 is 0 Å². The van der Waals surface area contributed by atoms with Gasteiger partial charge in [-0.1, -0.05) is 5.46 Å². The number of rotatable bonds is 1. The van der Waals surface area contributed by atoms with E-state index in [9.17, 15) is 0 Å². The van der Waals surface area contributed by atoms with Crippen molar-refractivity contribution < 1.29 is 9.84 Å². The van der Waals surface area contributed by atoms with Crippen LogP contribution in [0.15, 0.2) is 18.2 Å². The maximum Gasteiger partial charge on any atom is 0.139 e. The van der Waals surface area contributed by atoms with Crippen LogP contribution in [0, 0.1) is 0 Å². The highest BCUT2D eigenvalue weighted by atomic mass is 16.5. The van der Waals surface area contributed by atoms with Gasteiger partial charge in [0.1, 0.15) is 19.3 Å². The average molecular weight is 136 g/mol. The summed E-state index contributed by atoms with van der Waals surface area (Å²) >= 11 is 0. The Labute approximate surface area is 60.9 Å². The monoisotopic (exact) mass is 136 g/mol. The summed E-state index contributed by atoms with van der Waals surface area (Å²) < 4.78 is 4.92. The normalized spacial score (nSPS) is 9.30. The molecular weight excluding hydrogens is 127 g/mol. The van der Waals surface area contributed by atoms with Gasteiger partial charge >= 0.3 is 0 Å². The molecule has 1 aromatic carbocycles. The molecule has 0 spiro atoms. The van der Waals surface area contributed by atoms with Gasteiger partial charge < -0.3 is 9.84 Å². The number of methoxy groups -OCH3 is 1. The lowest BCUT2D eigenvalue weighted by Gasteiger charge is -2.00. The van der Waals surface area contributed by atoms with E-state index in [1.54, 1.807) is 19.2 Å². The number of benzene rings is 1. The van der Waals surface area contributed by atoms with Gasteiger partial charge in [-0.2, -0.15) is 0 Å². The first-order chi connectivity index (χ1) is 4.72. The second-order valence-electron chi connectivity index (χ2n) is 2.21. The molecule has 1 N–H and O–H groups in total. The molecule has 0 aliphatic carbocycles. The number of ether oxygens (including phenoxy) is 1. The zero-order valence-electron chi connectivity index (χ0n) is 6.09. The minimum atomic E-state index is 0.247. The van der Waals surface area contributed by atoms with Crippen molar-refractivity contribution in [1.82, 2.24) is 0 Å². The third-order valence-corrected chi connectivity index (χ3v) is 1.27. The minimum Gasteiger partial charge on any atom is -0.508 e. The van der Waals surface area contributed by atoms with E-state index >= 15 is 0 Å². The molecule has 2 nitrogen and oxygen atoms in total. The summed E-state index contributed by atoms with van der Waals surface area (Å²) in [6.45, 7) is 0. The van der Waals surface area contributed by atoms with Gasteiger partial charge in [-0.3, -0.25) is 0 Å². The van der Waals surface area contributed by atoms with Gasteiger partial charge in [0.15, 0.2) is 0 Å². The van der Waals surface area contributed by atoms with Crippen molar-refractivity contribution in [3.05, 3.63) is 18.2 Å². The Morgan fingerprint density at radius 2 is 2.10 bits per heavy atom. The van der Waals surface area contributed by atoms with E-state index in [-0.39, 0.29) is 5.75 Å². The molecule has 0 aliphatic rings. The molecule has 0 bridgehead atoms. The Morgan fingerprint density at radius 3 is 2.60 bits per heavy atom. The second kappa shape index (κ2) is 2.65. The predicted molar refractivity (Wildman–Crippen MR) is 42.8 cm³/mol. The highest BCUT2D eigenvalue weighted by molar-refractivity contribution is 6.32. The zero-order valence-corrected chi connectivity index (χ0v) is 6.09. The van der Waals surface area contributed by atoms with Gasteiger partial charge in [-0.25, -0.2) is 0 Å². The molecule has 1 aromatic rings. The number of aromatic hydroxyl groups is 1. The Hall–Kier alpha value is -1.12. The van der Waals surface area contributed by atoms with Crippen LogP contribution in [0.25, 0.3) is 0 Å². The smallest absolute Gasteiger partial charge is 0.139 e. The van der Waals surface area contributed by atoms with Gasteiger partial charge in [0.25, 0.3) is 0 Å². The maximum atomic E-state index is 9.04. The molecule has 0 fully saturated rings. The highest BCUT2D eigenvalue weighted by Crippen LogP contribution is 2.14. The van der Waals surface area contributed by atoms with Crippen molar-refractivity contribution in [2.24, 2.45) is 0 Å².